The molecule has 5 heteroatoms. The summed E-state index contributed by atoms with van der Waals surface area (Å²) >= 11 is 0. The van der Waals surface area contributed by atoms with Crippen molar-refractivity contribution >= 4 is 7.75 Å². The predicted molar refractivity (Wildman–Crippen MR) is 99.5 cm³/mol. The van der Waals surface area contributed by atoms with Gasteiger partial charge in [0.05, 0.1) is 13.2 Å². The fraction of sp³-hybridized carbons (Fsp3) is 0.684. The average molecular weight is 353 g/mol. The first-order valence-electron chi connectivity index (χ1n) is 9.32. The van der Waals surface area contributed by atoms with Gasteiger partial charge in [-0.2, -0.15) is 0 Å². The number of hydrogen-bond acceptors (Lipinski definition) is 3. The Bertz CT molecular complexity index is 516. The molecule has 1 aromatic carbocycles. The van der Waals surface area contributed by atoms with E-state index in [1.165, 1.54) is 43.2 Å². The molecule has 0 aliphatic heterocycles. The molecule has 1 N–H and O–H groups in total. The Morgan fingerprint density at radius 3 is 2.21 bits per heavy atom. The third-order valence-corrected chi connectivity index (χ3v) is 6.54. The summed E-state index contributed by atoms with van der Waals surface area (Å²) < 4.78 is 23.0. The van der Waals surface area contributed by atoms with E-state index in [0.717, 1.165) is 5.92 Å². The van der Waals surface area contributed by atoms with Crippen LogP contribution in [-0.4, -0.2) is 19.8 Å². The number of nitrogens with one attached hydrogen (secondary N) is 1. The van der Waals surface area contributed by atoms with Crippen LogP contribution in [0.4, 0.5) is 0 Å². The van der Waals surface area contributed by atoms with Crippen LogP contribution in [0.3, 0.4) is 0 Å². The van der Waals surface area contributed by atoms with Crippen molar-refractivity contribution in [2.24, 2.45) is 0 Å². The summed E-state index contributed by atoms with van der Waals surface area (Å²) in [5, 5.41) is 2.99. The molecule has 1 unspecified atom stereocenters. The van der Waals surface area contributed by atoms with E-state index in [2.05, 4.69) is 36.3 Å². The molecule has 1 aliphatic rings. The van der Waals surface area contributed by atoms with Gasteiger partial charge in [-0.3, -0.25) is 9.05 Å². The molecule has 2 rings (SSSR count). The minimum Gasteiger partial charge on any atom is -0.297 e. The van der Waals surface area contributed by atoms with Crippen molar-refractivity contribution in [3.05, 3.63) is 35.4 Å². The number of benzene rings is 1. The zero-order valence-corrected chi connectivity index (χ0v) is 16.2. The van der Waals surface area contributed by atoms with E-state index in [-0.39, 0.29) is 5.92 Å². The molecule has 0 heterocycles. The summed E-state index contributed by atoms with van der Waals surface area (Å²) in [4.78, 5) is 0. The Morgan fingerprint density at radius 2 is 1.67 bits per heavy atom. The van der Waals surface area contributed by atoms with E-state index in [9.17, 15) is 4.57 Å². The van der Waals surface area contributed by atoms with Gasteiger partial charge in [0.25, 0.3) is 0 Å². The largest absolute Gasteiger partial charge is 0.405 e. The standard InChI is InChI=1S/C19H32NO3P/c1-4-22-24(21,23-5-2)20-15-16(3)17-11-13-19(14-12-17)18-9-7-6-8-10-18/h11-14,16,18H,4-10,15H2,1-3H3,(H,20,21). The quantitative estimate of drug-likeness (QED) is 0.586. The van der Waals surface area contributed by atoms with Crippen molar-refractivity contribution in [3.63, 3.8) is 0 Å². The molecular weight excluding hydrogens is 321 g/mol. The van der Waals surface area contributed by atoms with E-state index in [4.69, 9.17) is 9.05 Å². The maximum absolute atomic E-state index is 12.5. The van der Waals surface area contributed by atoms with Crippen molar-refractivity contribution in [2.75, 3.05) is 19.8 Å². The monoisotopic (exact) mass is 353 g/mol. The van der Waals surface area contributed by atoms with Crippen LogP contribution in [-0.2, 0) is 13.6 Å². The molecule has 0 spiro atoms. The van der Waals surface area contributed by atoms with Crippen LogP contribution in [0.25, 0.3) is 0 Å². The van der Waals surface area contributed by atoms with Gasteiger partial charge in [0.2, 0.25) is 0 Å². The van der Waals surface area contributed by atoms with Crippen LogP contribution in [0, 0.1) is 0 Å². The summed E-state index contributed by atoms with van der Waals surface area (Å²) in [5.41, 5.74) is 2.72. The summed E-state index contributed by atoms with van der Waals surface area (Å²) in [5.74, 6) is 0.983. The van der Waals surface area contributed by atoms with Crippen LogP contribution in [0.2, 0.25) is 0 Å². The molecule has 0 saturated heterocycles. The molecule has 0 amide bonds. The maximum atomic E-state index is 12.5. The Balaban J connectivity index is 1.91. The highest BCUT2D eigenvalue weighted by atomic mass is 31.2. The smallest absolute Gasteiger partial charge is 0.297 e. The Kier molecular flexibility index (Phi) is 7.96. The van der Waals surface area contributed by atoms with Crippen molar-refractivity contribution in [1.29, 1.82) is 0 Å². The predicted octanol–water partition coefficient (Wildman–Crippen LogP) is 5.61. The first-order valence-corrected chi connectivity index (χ1v) is 10.9. The van der Waals surface area contributed by atoms with Crippen molar-refractivity contribution in [1.82, 2.24) is 5.09 Å². The van der Waals surface area contributed by atoms with Gasteiger partial charge >= 0.3 is 7.75 Å². The lowest BCUT2D eigenvalue weighted by Gasteiger charge is -2.23. The molecule has 136 valence electrons. The third-order valence-electron chi connectivity index (χ3n) is 4.77. The van der Waals surface area contributed by atoms with Gasteiger partial charge in [0, 0.05) is 6.54 Å². The highest BCUT2D eigenvalue weighted by molar-refractivity contribution is 7.51. The zero-order valence-electron chi connectivity index (χ0n) is 15.3. The normalized spacial score (nSPS) is 17.8. The molecule has 1 fully saturated rings. The zero-order chi connectivity index (χ0) is 17.4. The van der Waals surface area contributed by atoms with E-state index >= 15 is 0 Å². The van der Waals surface area contributed by atoms with Crippen LogP contribution in [0.1, 0.15) is 75.8 Å². The second-order valence-corrected chi connectivity index (χ2v) is 8.43. The summed E-state index contributed by atoms with van der Waals surface area (Å²) in [6.07, 6.45) is 6.75. The number of rotatable bonds is 9. The fourth-order valence-electron chi connectivity index (χ4n) is 3.37. The minimum absolute atomic E-state index is 0.250. The topological polar surface area (TPSA) is 47.6 Å². The van der Waals surface area contributed by atoms with Crippen molar-refractivity contribution in [3.8, 4) is 0 Å². The molecule has 1 aromatic rings. The van der Waals surface area contributed by atoms with Gasteiger partial charge in [-0.05, 0) is 49.7 Å². The maximum Gasteiger partial charge on any atom is 0.405 e. The molecule has 0 aromatic heterocycles. The van der Waals surface area contributed by atoms with Crippen LogP contribution < -0.4 is 5.09 Å². The lowest BCUT2D eigenvalue weighted by molar-refractivity contribution is 0.210. The highest BCUT2D eigenvalue weighted by Crippen LogP contribution is 2.43. The fourth-order valence-corrected chi connectivity index (χ4v) is 4.80. The van der Waals surface area contributed by atoms with Gasteiger partial charge < -0.3 is 0 Å². The van der Waals surface area contributed by atoms with Crippen LogP contribution in [0.15, 0.2) is 24.3 Å². The van der Waals surface area contributed by atoms with Gasteiger partial charge in [-0.15, -0.1) is 0 Å². The molecular formula is C19H32NO3P. The number of hydrogen-bond donors (Lipinski definition) is 1. The summed E-state index contributed by atoms with van der Waals surface area (Å²) in [7, 11) is -3.18. The molecule has 1 atom stereocenters. The minimum atomic E-state index is -3.18. The Labute approximate surface area is 146 Å². The van der Waals surface area contributed by atoms with Gasteiger partial charge in [0.1, 0.15) is 0 Å². The molecule has 24 heavy (non-hydrogen) atoms. The molecule has 1 saturated carbocycles. The molecule has 4 nitrogen and oxygen atoms in total. The first-order chi connectivity index (χ1) is 11.6. The van der Waals surface area contributed by atoms with Crippen molar-refractivity contribution < 1.29 is 13.6 Å². The van der Waals surface area contributed by atoms with Crippen LogP contribution >= 0.6 is 7.75 Å². The van der Waals surface area contributed by atoms with E-state index in [0.29, 0.717) is 19.8 Å². The third kappa shape index (κ3) is 5.70. The summed E-state index contributed by atoms with van der Waals surface area (Å²) in [6.45, 7) is 7.08. The highest BCUT2D eigenvalue weighted by Gasteiger charge is 2.24. The summed E-state index contributed by atoms with van der Waals surface area (Å²) in [6, 6.07) is 8.96. The molecule has 1 aliphatic carbocycles. The second kappa shape index (κ2) is 9.72. The lowest BCUT2D eigenvalue weighted by atomic mass is 9.83. The van der Waals surface area contributed by atoms with Crippen molar-refractivity contribution in [2.45, 2.75) is 64.7 Å². The SMILES string of the molecule is CCOP(=O)(NCC(C)c1ccc(C2CCCCC2)cc1)OCC. The van der Waals surface area contributed by atoms with Gasteiger partial charge in [-0.25, -0.2) is 9.65 Å². The average Bonchev–Trinajstić information content (AvgIpc) is 2.61. The van der Waals surface area contributed by atoms with E-state index < -0.39 is 7.75 Å². The van der Waals surface area contributed by atoms with Crippen LogP contribution in [0.5, 0.6) is 0 Å². The van der Waals surface area contributed by atoms with Gasteiger partial charge in [-0.1, -0.05) is 50.5 Å². The van der Waals surface area contributed by atoms with E-state index in [1.54, 1.807) is 0 Å². The second-order valence-electron chi connectivity index (χ2n) is 6.60. The lowest BCUT2D eigenvalue weighted by Crippen LogP contribution is -2.20. The Morgan fingerprint density at radius 1 is 1.08 bits per heavy atom. The van der Waals surface area contributed by atoms with Gasteiger partial charge in [0.15, 0.2) is 0 Å². The van der Waals surface area contributed by atoms with E-state index in [1.807, 2.05) is 13.8 Å². The molecule has 0 radical (unpaired) electrons. The Hall–Kier alpha value is -0.670. The molecule has 0 bridgehead atoms. The first kappa shape index (κ1) is 19.7.